The molecule has 1 unspecified atom stereocenters. The average molecular weight is 278 g/mol. The molecule has 1 aromatic rings. The van der Waals surface area contributed by atoms with E-state index in [9.17, 15) is 18.0 Å². The van der Waals surface area contributed by atoms with E-state index in [1.807, 2.05) is 0 Å². The van der Waals surface area contributed by atoms with Crippen LogP contribution in [-0.2, 0) is 19.1 Å². The summed E-state index contributed by atoms with van der Waals surface area (Å²) in [5, 5.41) is 0. The topological polar surface area (TPSA) is 107 Å². The fourth-order valence-corrected chi connectivity index (χ4v) is 1.41. The van der Waals surface area contributed by atoms with Crippen LogP contribution in [0.25, 0.3) is 0 Å². The predicted octanol–water partition coefficient (Wildman–Crippen LogP) is 0.593. The molecule has 0 aliphatic heterocycles. The molecule has 9 heteroatoms. The molecule has 0 saturated heterocycles. The van der Waals surface area contributed by atoms with Crippen LogP contribution >= 0.6 is 9.47 Å². The zero-order valence-corrected chi connectivity index (χ0v) is 10.2. The van der Waals surface area contributed by atoms with Crippen molar-refractivity contribution < 1.29 is 31.3 Å². The van der Waals surface area contributed by atoms with Gasteiger partial charge in [-0.2, -0.15) is 8.42 Å². The first-order chi connectivity index (χ1) is 7.83. The molecule has 0 heterocycles. The Kier molecular flexibility index (Phi) is 4.17. The minimum atomic E-state index is -4.88. The lowest BCUT2D eigenvalue weighted by molar-refractivity contribution is 0.0727. The van der Waals surface area contributed by atoms with E-state index >= 15 is 0 Å². The Hall–Kier alpha value is -1.50. The summed E-state index contributed by atoms with van der Waals surface area (Å²) in [6.45, 7) is 0. The lowest BCUT2D eigenvalue weighted by atomic mass is 10.1. The lowest BCUT2D eigenvalue weighted by Crippen LogP contribution is -2.12. The van der Waals surface area contributed by atoms with Gasteiger partial charge >= 0.3 is 22.3 Å². The van der Waals surface area contributed by atoms with Crippen molar-refractivity contribution in [1.82, 2.24) is 0 Å². The SMILES string of the molecule is O=C(OP)c1cccc(C(=O)OS(=O)(=O)O)c1. The second-order valence-electron chi connectivity index (χ2n) is 2.78. The van der Waals surface area contributed by atoms with E-state index in [0.29, 0.717) is 0 Å². The molecular formula is C8H7O7PS. The molecule has 0 fully saturated rings. The van der Waals surface area contributed by atoms with Gasteiger partial charge in [0.1, 0.15) is 0 Å². The highest BCUT2D eigenvalue weighted by Crippen LogP contribution is 2.10. The van der Waals surface area contributed by atoms with Crippen molar-refractivity contribution in [3.05, 3.63) is 35.4 Å². The highest BCUT2D eigenvalue weighted by atomic mass is 32.3. The molecule has 0 radical (unpaired) electrons. The van der Waals surface area contributed by atoms with E-state index < -0.39 is 22.3 Å². The number of hydrogen-bond donors (Lipinski definition) is 1. The number of carbonyl (C=O) groups is 2. The highest BCUT2D eigenvalue weighted by Gasteiger charge is 2.17. The zero-order valence-electron chi connectivity index (χ0n) is 8.19. The minimum Gasteiger partial charge on any atom is -0.448 e. The summed E-state index contributed by atoms with van der Waals surface area (Å²) in [4.78, 5) is 22.3. The van der Waals surface area contributed by atoms with E-state index in [1.54, 1.807) is 9.47 Å². The van der Waals surface area contributed by atoms with E-state index in [2.05, 4.69) is 8.71 Å². The molecule has 1 N–H and O–H groups in total. The lowest BCUT2D eigenvalue weighted by Gasteiger charge is -2.02. The maximum Gasteiger partial charge on any atom is 0.449 e. The summed E-state index contributed by atoms with van der Waals surface area (Å²) < 4.78 is 37.0. The molecule has 0 saturated carbocycles. The van der Waals surface area contributed by atoms with Gasteiger partial charge in [0.25, 0.3) is 0 Å². The van der Waals surface area contributed by atoms with Gasteiger partial charge in [-0.1, -0.05) is 6.07 Å². The Bertz CT molecular complexity index is 551. The molecule has 0 aliphatic rings. The summed E-state index contributed by atoms with van der Waals surface area (Å²) in [6, 6.07) is 4.97. The van der Waals surface area contributed by atoms with Gasteiger partial charge in [-0.3, -0.25) is 4.55 Å². The van der Waals surface area contributed by atoms with Crippen LogP contribution in [0.2, 0.25) is 0 Å². The highest BCUT2D eigenvalue weighted by molar-refractivity contribution is 7.81. The molecule has 1 atom stereocenters. The fourth-order valence-electron chi connectivity index (χ4n) is 0.985. The van der Waals surface area contributed by atoms with Crippen LogP contribution in [0.15, 0.2) is 24.3 Å². The van der Waals surface area contributed by atoms with Gasteiger partial charge in [-0.25, -0.2) is 9.59 Å². The second-order valence-corrected chi connectivity index (χ2v) is 4.04. The number of hydrogen-bond acceptors (Lipinski definition) is 6. The first kappa shape index (κ1) is 13.6. The van der Waals surface area contributed by atoms with Gasteiger partial charge in [0.05, 0.1) is 20.6 Å². The summed E-state index contributed by atoms with van der Waals surface area (Å²) >= 11 is 0. The molecule has 17 heavy (non-hydrogen) atoms. The third-order valence-electron chi connectivity index (χ3n) is 1.62. The van der Waals surface area contributed by atoms with Crippen molar-refractivity contribution in [1.29, 1.82) is 0 Å². The van der Waals surface area contributed by atoms with E-state index in [0.717, 1.165) is 6.07 Å². The Balaban J connectivity index is 3.00. The molecule has 0 amide bonds. The van der Waals surface area contributed by atoms with Crippen molar-refractivity contribution in [2.75, 3.05) is 0 Å². The molecule has 1 aromatic carbocycles. The molecule has 0 aliphatic carbocycles. The number of benzene rings is 1. The summed E-state index contributed by atoms with van der Waals surface area (Å²) in [7, 11) is -3.14. The van der Waals surface area contributed by atoms with Crippen LogP contribution in [0.4, 0.5) is 0 Å². The van der Waals surface area contributed by atoms with Crippen LogP contribution < -0.4 is 0 Å². The van der Waals surface area contributed by atoms with Gasteiger partial charge in [0.2, 0.25) is 0 Å². The summed E-state index contributed by atoms with van der Waals surface area (Å²) in [6.07, 6.45) is 0. The molecule has 92 valence electrons. The van der Waals surface area contributed by atoms with Crippen molar-refractivity contribution in [2.45, 2.75) is 0 Å². The van der Waals surface area contributed by atoms with Crippen LogP contribution in [0.1, 0.15) is 20.7 Å². The number of rotatable bonds is 3. The third-order valence-corrected chi connectivity index (χ3v) is 2.20. The Labute approximate surface area is 99.0 Å². The van der Waals surface area contributed by atoms with Crippen molar-refractivity contribution >= 4 is 31.8 Å². The average Bonchev–Trinajstić information content (AvgIpc) is 2.26. The smallest absolute Gasteiger partial charge is 0.448 e. The van der Waals surface area contributed by atoms with E-state index in [4.69, 9.17) is 4.55 Å². The van der Waals surface area contributed by atoms with Crippen LogP contribution in [0.5, 0.6) is 0 Å². The zero-order chi connectivity index (χ0) is 13.1. The predicted molar refractivity (Wildman–Crippen MR) is 58.5 cm³/mol. The van der Waals surface area contributed by atoms with Gasteiger partial charge in [0.15, 0.2) is 0 Å². The van der Waals surface area contributed by atoms with Gasteiger partial charge < -0.3 is 8.71 Å². The standard InChI is InChI=1S/C8H7O7PS/c9-7(14-16)5-2-1-3-6(4-5)8(10)15-17(11,12)13/h1-4H,16H2,(H,11,12,13). The first-order valence-corrected chi connectivity index (χ1v) is 5.89. The third kappa shape index (κ3) is 4.10. The summed E-state index contributed by atoms with van der Waals surface area (Å²) in [5.41, 5.74) is -0.180. The van der Waals surface area contributed by atoms with Gasteiger partial charge in [0, 0.05) is 0 Å². The maximum atomic E-state index is 11.2. The van der Waals surface area contributed by atoms with Gasteiger partial charge in [-0.05, 0) is 18.2 Å². The van der Waals surface area contributed by atoms with Crippen LogP contribution in [0, 0.1) is 0 Å². The second kappa shape index (κ2) is 5.22. The molecule has 7 nitrogen and oxygen atoms in total. The number of carbonyl (C=O) groups excluding carboxylic acids is 2. The van der Waals surface area contributed by atoms with Crippen molar-refractivity contribution in [2.24, 2.45) is 0 Å². The van der Waals surface area contributed by atoms with E-state index in [-0.39, 0.29) is 11.1 Å². The monoisotopic (exact) mass is 278 g/mol. The Morgan fingerprint density at radius 2 is 1.71 bits per heavy atom. The largest absolute Gasteiger partial charge is 0.449 e. The maximum absolute atomic E-state index is 11.2. The Morgan fingerprint density at radius 3 is 2.18 bits per heavy atom. The first-order valence-electron chi connectivity index (χ1n) is 4.06. The molecular weight excluding hydrogens is 271 g/mol. The normalized spacial score (nSPS) is 10.7. The summed E-state index contributed by atoms with van der Waals surface area (Å²) in [5.74, 6) is -2.03. The van der Waals surface area contributed by atoms with Crippen LogP contribution in [-0.4, -0.2) is 24.9 Å². The quantitative estimate of drug-likeness (QED) is 0.637. The molecule has 0 aromatic heterocycles. The van der Waals surface area contributed by atoms with Crippen molar-refractivity contribution in [3.63, 3.8) is 0 Å². The molecule has 0 bridgehead atoms. The molecule has 1 rings (SSSR count). The molecule has 0 spiro atoms. The van der Waals surface area contributed by atoms with Gasteiger partial charge in [-0.15, -0.1) is 0 Å². The van der Waals surface area contributed by atoms with Crippen molar-refractivity contribution in [3.8, 4) is 0 Å². The fraction of sp³-hybridized carbons (Fsp3) is 0. The Morgan fingerprint density at radius 1 is 1.18 bits per heavy atom. The van der Waals surface area contributed by atoms with Crippen LogP contribution in [0.3, 0.4) is 0 Å². The van der Waals surface area contributed by atoms with E-state index in [1.165, 1.54) is 18.2 Å². The minimum absolute atomic E-state index is 0.0322.